The first-order valence-electron chi connectivity index (χ1n) is 10.2. The number of benzene rings is 1. The van der Waals surface area contributed by atoms with Gasteiger partial charge in [0.05, 0.1) is 18.5 Å². The normalized spacial score (nSPS) is 13.5. The molecule has 0 radical (unpaired) electrons. The molecular weight excluding hydrogens is 368 g/mol. The molecule has 0 amide bonds. The highest BCUT2D eigenvalue weighted by Gasteiger charge is 2.21. The predicted molar refractivity (Wildman–Crippen MR) is 114 cm³/mol. The van der Waals surface area contributed by atoms with E-state index in [9.17, 15) is 0 Å². The number of methoxy groups -OCH3 is 1. The number of anilines is 3. The maximum atomic E-state index is 5.62. The molecule has 1 aliphatic rings. The summed E-state index contributed by atoms with van der Waals surface area (Å²) < 4.78 is 5.62. The number of ether oxygens (including phenoxy) is 1. The summed E-state index contributed by atoms with van der Waals surface area (Å²) in [6, 6.07) is 6.47. The number of rotatable bonds is 10. The van der Waals surface area contributed by atoms with Crippen LogP contribution in [0.4, 0.5) is 17.3 Å². The van der Waals surface area contributed by atoms with Crippen molar-refractivity contribution in [2.75, 3.05) is 24.9 Å². The van der Waals surface area contributed by atoms with Crippen LogP contribution in [0.2, 0.25) is 0 Å². The van der Waals surface area contributed by atoms with Crippen molar-refractivity contribution in [2.45, 2.75) is 51.5 Å². The van der Waals surface area contributed by atoms with Crippen molar-refractivity contribution >= 4 is 28.2 Å². The summed E-state index contributed by atoms with van der Waals surface area (Å²) >= 11 is 0. The highest BCUT2D eigenvalue weighted by atomic mass is 16.7. The van der Waals surface area contributed by atoms with Crippen LogP contribution in [0, 0.1) is 0 Å². The summed E-state index contributed by atoms with van der Waals surface area (Å²) in [5.41, 5.74) is 2.75. The topological polar surface area (TPSA) is 86.1 Å². The Kier molecular flexibility index (Phi) is 5.69. The minimum absolute atomic E-state index is 0.536. The second-order valence-corrected chi connectivity index (χ2v) is 7.36. The summed E-state index contributed by atoms with van der Waals surface area (Å²) in [6.45, 7) is 2.20. The highest BCUT2D eigenvalue weighted by molar-refractivity contribution is 5.89. The molecule has 29 heavy (non-hydrogen) atoms. The first kappa shape index (κ1) is 19.3. The molecule has 0 unspecified atom stereocenters. The first-order chi connectivity index (χ1) is 14.2. The Morgan fingerprint density at radius 3 is 2.66 bits per heavy atom. The second kappa shape index (κ2) is 8.55. The van der Waals surface area contributed by atoms with E-state index in [1.54, 1.807) is 25.4 Å². The van der Waals surface area contributed by atoms with Crippen LogP contribution in [0.5, 0.6) is 5.75 Å². The lowest BCUT2D eigenvalue weighted by molar-refractivity contribution is 0.143. The third-order valence-corrected chi connectivity index (χ3v) is 5.10. The summed E-state index contributed by atoms with van der Waals surface area (Å²) in [5.74, 6) is 2.25. The van der Waals surface area contributed by atoms with Gasteiger partial charge in [-0.1, -0.05) is 24.6 Å². The maximum absolute atomic E-state index is 5.62. The average Bonchev–Trinajstić information content (AvgIpc) is 3.48. The van der Waals surface area contributed by atoms with Gasteiger partial charge >= 0.3 is 0 Å². The number of nitrogens with zero attached hydrogens (tertiary/aromatic N) is 4. The van der Waals surface area contributed by atoms with E-state index >= 15 is 0 Å². The van der Waals surface area contributed by atoms with Crippen molar-refractivity contribution in [2.24, 2.45) is 0 Å². The van der Waals surface area contributed by atoms with Gasteiger partial charge in [0, 0.05) is 23.6 Å². The fourth-order valence-electron chi connectivity index (χ4n) is 3.39. The Morgan fingerprint density at radius 2 is 1.93 bits per heavy atom. The van der Waals surface area contributed by atoms with Gasteiger partial charge in [-0.05, 0) is 31.7 Å². The van der Waals surface area contributed by atoms with Gasteiger partial charge < -0.3 is 20.2 Å². The van der Waals surface area contributed by atoms with Crippen molar-refractivity contribution in [3.8, 4) is 5.75 Å². The zero-order chi connectivity index (χ0) is 20.2. The number of hydrogen-bond acceptors (Lipinski definition) is 7. The van der Waals surface area contributed by atoms with Crippen molar-refractivity contribution in [1.29, 1.82) is 0 Å². The molecule has 8 nitrogen and oxygen atoms in total. The van der Waals surface area contributed by atoms with E-state index in [1.165, 1.54) is 25.7 Å². The number of aromatic nitrogens is 4. The molecule has 0 aliphatic heterocycles. The lowest BCUT2D eigenvalue weighted by Crippen LogP contribution is -2.07. The summed E-state index contributed by atoms with van der Waals surface area (Å²) in [5, 5.41) is 12.5. The molecule has 1 fully saturated rings. The second-order valence-electron chi connectivity index (χ2n) is 7.36. The van der Waals surface area contributed by atoms with Crippen LogP contribution in [-0.2, 0) is 6.42 Å². The molecule has 1 aromatic carbocycles. The fraction of sp³-hybridized carbons (Fsp3) is 0.476. The highest BCUT2D eigenvalue weighted by Crippen LogP contribution is 2.34. The van der Waals surface area contributed by atoms with E-state index in [0.717, 1.165) is 40.9 Å². The predicted octanol–water partition coefficient (Wildman–Crippen LogP) is 3.94. The molecule has 0 spiro atoms. The van der Waals surface area contributed by atoms with Crippen molar-refractivity contribution < 1.29 is 9.57 Å². The quantitative estimate of drug-likeness (QED) is 0.502. The van der Waals surface area contributed by atoms with Crippen LogP contribution in [0.25, 0.3) is 10.9 Å². The summed E-state index contributed by atoms with van der Waals surface area (Å²) in [7, 11) is 3.28. The van der Waals surface area contributed by atoms with Gasteiger partial charge in [-0.15, -0.1) is 5.10 Å². The molecule has 0 bridgehead atoms. The molecule has 8 heteroatoms. The number of nitrogens with one attached hydrogen (secondary N) is 2. The largest absolute Gasteiger partial charge is 0.494 e. The van der Waals surface area contributed by atoms with Gasteiger partial charge in [0.25, 0.3) is 0 Å². The molecule has 154 valence electrons. The van der Waals surface area contributed by atoms with Gasteiger partial charge in [-0.25, -0.2) is 9.97 Å². The van der Waals surface area contributed by atoms with E-state index in [1.807, 2.05) is 12.1 Å². The van der Waals surface area contributed by atoms with Crippen molar-refractivity contribution in [3.63, 3.8) is 0 Å². The molecule has 2 N–H and O–H groups in total. The van der Waals surface area contributed by atoms with Crippen LogP contribution in [0.1, 0.15) is 44.7 Å². The molecule has 2 aromatic heterocycles. The van der Waals surface area contributed by atoms with Crippen LogP contribution in [0.3, 0.4) is 0 Å². The zero-order valence-corrected chi connectivity index (χ0v) is 17.2. The smallest absolute Gasteiger partial charge is 0.144 e. The average molecular weight is 396 g/mol. The lowest BCUT2D eigenvalue weighted by atomic mass is 10.1. The van der Waals surface area contributed by atoms with Crippen LogP contribution < -0.4 is 20.2 Å². The Hall–Kier alpha value is -3.03. The molecular formula is C21H28N6O2. The van der Waals surface area contributed by atoms with E-state index in [4.69, 9.17) is 9.57 Å². The Balaban J connectivity index is 1.66. The minimum atomic E-state index is 0.536. The molecule has 4 rings (SSSR count). The lowest BCUT2D eigenvalue weighted by Gasteiger charge is -2.12. The fourth-order valence-corrected chi connectivity index (χ4v) is 3.39. The van der Waals surface area contributed by atoms with Gasteiger partial charge in [0.1, 0.15) is 36.3 Å². The zero-order valence-electron chi connectivity index (χ0n) is 17.2. The van der Waals surface area contributed by atoms with Crippen molar-refractivity contribution in [3.05, 3.63) is 30.2 Å². The molecule has 1 aliphatic carbocycles. The first-order valence-corrected chi connectivity index (χ1v) is 10.2. The Labute approximate surface area is 170 Å². The van der Waals surface area contributed by atoms with Crippen LogP contribution in [-0.4, -0.2) is 40.2 Å². The van der Waals surface area contributed by atoms with E-state index in [0.29, 0.717) is 17.6 Å². The molecule has 0 atom stereocenters. The number of hydrogen-bond donors (Lipinski definition) is 2. The third-order valence-electron chi connectivity index (χ3n) is 5.10. The molecule has 0 saturated heterocycles. The molecule has 3 aromatic rings. The number of unbranched alkanes of at least 4 members (excludes halogenated alkanes) is 2. The standard InChI is InChI=1S/C21H28N6O2/c1-4-5-6-7-16-15-10-17(19(28-2)11-18(15)27(26-16)29-3)25-21-12-20(22-13-23-21)24-14-8-9-14/h10-14H,4-9H2,1-3H3,(H2,22,23,24,25). The maximum Gasteiger partial charge on any atom is 0.144 e. The molecule has 1 saturated carbocycles. The monoisotopic (exact) mass is 396 g/mol. The number of fused-ring (bicyclic) bond motifs is 1. The summed E-state index contributed by atoms with van der Waals surface area (Å²) in [6.07, 6.45) is 8.33. The third kappa shape index (κ3) is 4.36. The minimum Gasteiger partial charge on any atom is -0.494 e. The van der Waals surface area contributed by atoms with Crippen molar-refractivity contribution in [1.82, 2.24) is 19.9 Å². The molecule has 2 heterocycles. The van der Waals surface area contributed by atoms with Gasteiger partial charge in [-0.2, -0.15) is 0 Å². The van der Waals surface area contributed by atoms with Gasteiger partial charge in [0.15, 0.2) is 0 Å². The van der Waals surface area contributed by atoms with Gasteiger partial charge in [0.2, 0.25) is 0 Å². The SMILES string of the molecule is CCCCCc1nn(OC)c2cc(OC)c(Nc3cc(NC4CC4)ncn3)cc12. The van der Waals surface area contributed by atoms with E-state index < -0.39 is 0 Å². The summed E-state index contributed by atoms with van der Waals surface area (Å²) in [4.78, 5) is 15.7. The van der Waals surface area contributed by atoms with E-state index in [2.05, 4.69) is 38.7 Å². The Morgan fingerprint density at radius 1 is 1.10 bits per heavy atom. The Bertz CT molecular complexity index is 983. The van der Waals surface area contributed by atoms with Crippen LogP contribution >= 0.6 is 0 Å². The van der Waals surface area contributed by atoms with E-state index in [-0.39, 0.29) is 0 Å². The van der Waals surface area contributed by atoms with Gasteiger partial charge in [-0.3, -0.25) is 0 Å². The number of aryl methyl sites for hydroxylation is 1. The van der Waals surface area contributed by atoms with Crippen LogP contribution in [0.15, 0.2) is 24.5 Å².